The smallest absolute Gasteiger partial charge is 0.166 e. The molecule has 0 radical (unpaired) electrons. The van der Waals surface area contributed by atoms with Crippen LogP contribution < -0.4 is 15.8 Å². The topological polar surface area (TPSA) is 97.5 Å². The van der Waals surface area contributed by atoms with Crippen LogP contribution in [0.3, 0.4) is 0 Å². The minimum Gasteiger partial charge on any atom is -0.506 e. The third kappa shape index (κ3) is 6.54. The molecule has 1 fully saturated rings. The van der Waals surface area contributed by atoms with E-state index in [1.54, 1.807) is 19.4 Å². The van der Waals surface area contributed by atoms with Crippen molar-refractivity contribution in [1.82, 2.24) is 4.98 Å². The zero-order chi connectivity index (χ0) is 24.4. The molecule has 2 aromatic carbocycles. The lowest BCUT2D eigenvalue weighted by Crippen LogP contribution is -2.33. The lowest BCUT2D eigenvalue weighted by Gasteiger charge is -2.29. The third-order valence-electron chi connectivity index (χ3n) is 6.46. The highest BCUT2D eigenvalue weighted by molar-refractivity contribution is 6.32. The summed E-state index contributed by atoms with van der Waals surface area (Å²) in [4.78, 5) is 17.8. The standard InChI is InChI=1S/C27H32ClN3O3.2ClH/c1-15(2)10-24(32)21-14-30-23-9-4-16(19-12-22(28)25(33)13-26(19)34-3)11-20(23)27(21)31-18-7-5-17(29)6-8-18;;/h4,9,11-15,17-18,33H,5-8,10,29H2,1-3H3,(H,30,31);2*1H. The number of ether oxygens (including phenoxy) is 1. The second-order valence-electron chi connectivity index (χ2n) is 9.56. The molecule has 1 heterocycles. The molecule has 1 aromatic heterocycles. The molecular weight excluding hydrogens is 521 g/mol. The Balaban J connectivity index is 0.00000228. The first-order valence-electron chi connectivity index (χ1n) is 11.8. The number of pyridine rings is 1. The first kappa shape index (κ1) is 30.0. The van der Waals surface area contributed by atoms with Crippen LogP contribution in [0.25, 0.3) is 22.0 Å². The summed E-state index contributed by atoms with van der Waals surface area (Å²) in [5, 5.41) is 14.8. The van der Waals surface area contributed by atoms with E-state index in [9.17, 15) is 9.90 Å². The van der Waals surface area contributed by atoms with Gasteiger partial charge in [0.05, 0.1) is 28.9 Å². The molecule has 3 aromatic rings. The molecule has 1 aliphatic rings. The van der Waals surface area contributed by atoms with E-state index in [-0.39, 0.29) is 59.4 Å². The summed E-state index contributed by atoms with van der Waals surface area (Å²) in [6, 6.07) is 9.57. The van der Waals surface area contributed by atoms with Crippen LogP contribution in [-0.2, 0) is 0 Å². The van der Waals surface area contributed by atoms with Gasteiger partial charge in [-0.25, -0.2) is 0 Å². The van der Waals surface area contributed by atoms with Crippen LogP contribution in [0.1, 0.15) is 56.3 Å². The van der Waals surface area contributed by atoms with Crippen molar-refractivity contribution in [1.29, 1.82) is 0 Å². The number of anilines is 1. The Bertz CT molecular complexity index is 1210. The second kappa shape index (κ2) is 12.8. The predicted octanol–water partition coefficient (Wildman–Crippen LogP) is 7.02. The largest absolute Gasteiger partial charge is 0.506 e. The number of fused-ring (bicyclic) bond motifs is 1. The fourth-order valence-electron chi connectivity index (χ4n) is 4.61. The summed E-state index contributed by atoms with van der Waals surface area (Å²) in [5.41, 5.74) is 9.95. The Morgan fingerprint density at radius 3 is 2.53 bits per heavy atom. The molecular formula is C27H34Cl3N3O3. The number of rotatable bonds is 7. The maximum Gasteiger partial charge on any atom is 0.166 e. The number of phenolic OH excluding ortho intramolecular Hbond substituents is 1. The molecule has 1 saturated carbocycles. The van der Waals surface area contributed by atoms with Gasteiger partial charge in [-0.05, 0) is 55.4 Å². The lowest BCUT2D eigenvalue weighted by molar-refractivity contribution is 0.0968. The van der Waals surface area contributed by atoms with E-state index < -0.39 is 0 Å². The molecule has 0 spiro atoms. The summed E-state index contributed by atoms with van der Waals surface area (Å²) in [7, 11) is 1.55. The summed E-state index contributed by atoms with van der Waals surface area (Å²) >= 11 is 6.21. The quantitative estimate of drug-likeness (QED) is 0.271. The van der Waals surface area contributed by atoms with Crippen LogP contribution >= 0.6 is 36.4 Å². The molecule has 0 unspecified atom stereocenters. The molecule has 6 nitrogen and oxygen atoms in total. The summed E-state index contributed by atoms with van der Waals surface area (Å²) in [6.07, 6.45) is 6.00. The monoisotopic (exact) mass is 553 g/mol. The van der Waals surface area contributed by atoms with Gasteiger partial charge in [-0.2, -0.15) is 0 Å². The number of Topliss-reactive ketones (excluding diaryl/α,β-unsaturated/α-hetero) is 1. The normalized spacial score (nSPS) is 17.3. The molecule has 36 heavy (non-hydrogen) atoms. The van der Waals surface area contributed by atoms with Gasteiger partial charge in [-0.1, -0.05) is 31.5 Å². The molecule has 0 bridgehead atoms. The minimum atomic E-state index is -0.0378. The summed E-state index contributed by atoms with van der Waals surface area (Å²) in [6.45, 7) is 4.09. The fourth-order valence-corrected chi connectivity index (χ4v) is 4.78. The van der Waals surface area contributed by atoms with E-state index in [2.05, 4.69) is 10.3 Å². The molecule has 9 heteroatoms. The number of aromatic hydroxyl groups is 1. The number of nitrogens with two attached hydrogens (primary N) is 1. The van der Waals surface area contributed by atoms with Crippen molar-refractivity contribution in [2.45, 2.75) is 58.0 Å². The highest BCUT2D eigenvalue weighted by Crippen LogP contribution is 2.40. The molecule has 1 aliphatic carbocycles. The predicted molar refractivity (Wildman–Crippen MR) is 153 cm³/mol. The maximum atomic E-state index is 13.2. The van der Waals surface area contributed by atoms with Crippen molar-refractivity contribution in [3.05, 3.63) is 47.1 Å². The molecule has 0 aliphatic heterocycles. The fraction of sp³-hybridized carbons (Fsp3) is 0.407. The number of hydrogen-bond acceptors (Lipinski definition) is 6. The van der Waals surface area contributed by atoms with Gasteiger partial charge < -0.3 is 20.9 Å². The minimum absolute atomic E-state index is 0. The van der Waals surface area contributed by atoms with Gasteiger partial charge in [-0.3, -0.25) is 9.78 Å². The number of carbonyl (C=O) groups excluding carboxylic acids is 1. The van der Waals surface area contributed by atoms with Gasteiger partial charge in [-0.15, -0.1) is 24.8 Å². The SMILES string of the molecule is COc1cc(O)c(Cl)cc1-c1ccc2ncc(C(=O)CC(C)C)c(NC3CCC(N)CC3)c2c1.Cl.Cl. The van der Waals surface area contributed by atoms with Crippen molar-refractivity contribution in [2.24, 2.45) is 11.7 Å². The van der Waals surface area contributed by atoms with Crippen molar-refractivity contribution < 1.29 is 14.6 Å². The molecule has 196 valence electrons. The average molecular weight is 555 g/mol. The summed E-state index contributed by atoms with van der Waals surface area (Å²) < 4.78 is 5.50. The highest BCUT2D eigenvalue weighted by atomic mass is 35.5. The Morgan fingerprint density at radius 2 is 1.89 bits per heavy atom. The van der Waals surface area contributed by atoms with Gasteiger partial charge in [0.15, 0.2) is 5.78 Å². The summed E-state index contributed by atoms with van der Waals surface area (Å²) in [5.74, 6) is 0.801. The Kier molecular flexibility index (Phi) is 10.7. The van der Waals surface area contributed by atoms with Crippen LogP contribution in [0.15, 0.2) is 36.5 Å². The van der Waals surface area contributed by atoms with Gasteiger partial charge >= 0.3 is 0 Å². The van der Waals surface area contributed by atoms with Crippen molar-refractivity contribution in [3.63, 3.8) is 0 Å². The number of benzene rings is 2. The van der Waals surface area contributed by atoms with Crippen LogP contribution in [0, 0.1) is 5.92 Å². The van der Waals surface area contributed by atoms with E-state index >= 15 is 0 Å². The van der Waals surface area contributed by atoms with Crippen molar-refractivity contribution in [2.75, 3.05) is 12.4 Å². The van der Waals surface area contributed by atoms with Crippen molar-refractivity contribution >= 4 is 58.8 Å². The molecule has 4 N–H and O–H groups in total. The Labute approximate surface area is 229 Å². The van der Waals surface area contributed by atoms with Gasteiger partial charge in [0, 0.05) is 41.7 Å². The van der Waals surface area contributed by atoms with Crippen LogP contribution in [-0.4, -0.2) is 35.1 Å². The van der Waals surface area contributed by atoms with Gasteiger partial charge in [0.25, 0.3) is 0 Å². The number of aromatic nitrogens is 1. The second-order valence-corrected chi connectivity index (χ2v) is 9.97. The molecule has 0 atom stereocenters. The number of carbonyl (C=O) groups is 1. The lowest BCUT2D eigenvalue weighted by atomic mass is 9.90. The highest BCUT2D eigenvalue weighted by Gasteiger charge is 2.23. The number of ketones is 1. The van der Waals surface area contributed by atoms with Gasteiger partial charge in [0.2, 0.25) is 0 Å². The maximum absolute atomic E-state index is 13.2. The van der Waals surface area contributed by atoms with E-state index in [0.29, 0.717) is 17.7 Å². The van der Waals surface area contributed by atoms with Crippen molar-refractivity contribution in [3.8, 4) is 22.6 Å². The Morgan fingerprint density at radius 1 is 1.19 bits per heavy atom. The number of phenols is 1. The van der Waals surface area contributed by atoms with Gasteiger partial charge in [0.1, 0.15) is 11.5 Å². The Hall–Kier alpha value is -2.25. The number of halogens is 3. The average Bonchev–Trinajstić information content (AvgIpc) is 2.81. The molecule has 4 rings (SSSR count). The van der Waals surface area contributed by atoms with Crippen LogP contribution in [0.5, 0.6) is 11.5 Å². The first-order valence-corrected chi connectivity index (χ1v) is 12.2. The first-order chi connectivity index (χ1) is 16.3. The number of hydrogen-bond donors (Lipinski definition) is 3. The zero-order valence-electron chi connectivity index (χ0n) is 20.7. The molecule has 0 amide bonds. The molecule has 0 saturated heterocycles. The zero-order valence-corrected chi connectivity index (χ0v) is 23.1. The number of nitrogens with one attached hydrogen (secondary N) is 1. The number of methoxy groups -OCH3 is 1. The van der Waals surface area contributed by atoms with Crippen LogP contribution in [0.4, 0.5) is 5.69 Å². The van der Waals surface area contributed by atoms with E-state index in [0.717, 1.165) is 53.4 Å². The van der Waals surface area contributed by atoms with E-state index in [1.807, 2.05) is 32.0 Å². The number of nitrogens with zero attached hydrogens (tertiary/aromatic N) is 1. The van der Waals surface area contributed by atoms with Crippen LogP contribution in [0.2, 0.25) is 5.02 Å². The third-order valence-corrected chi connectivity index (χ3v) is 6.76. The van der Waals surface area contributed by atoms with E-state index in [4.69, 9.17) is 22.1 Å². The van der Waals surface area contributed by atoms with E-state index in [1.165, 1.54) is 6.07 Å².